The van der Waals surface area contributed by atoms with Crippen molar-refractivity contribution >= 4 is 68.0 Å². The molecule has 312 valence electrons. The minimum Gasteiger partial charge on any atom is -0.376 e. The first-order chi connectivity index (χ1) is 31.1. The molecule has 0 saturated heterocycles. The summed E-state index contributed by atoms with van der Waals surface area (Å²) in [5.41, 5.74) is 23.2. The fraction of sp³-hybridized carbons (Fsp3) is 0.200. The number of rotatable bonds is 8. The average molecular weight is 828 g/mol. The average Bonchev–Trinajstić information content (AvgIpc) is 3.78. The summed E-state index contributed by atoms with van der Waals surface area (Å²) in [6.45, 7) is 14.0. The molecular formula is C60H54BN3. The third-order valence-corrected chi connectivity index (χ3v) is 14.7. The monoisotopic (exact) mass is 827 g/mol. The Labute approximate surface area is 378 Å². The Balaban J connectivity index is 1.25. The van der Waals surface area contributed by atoms with Crippen LogP contribution in [0.1, 0.15) is 83.1 Å². The Morgan fingerprint density at radius 1 is 0.594 bits per heavy atom. The van der Waals surface area contributed by atoms with Crippen LogP contribution in [0.4, 0.5) is 28.4 Å². The maximum atomic E-state index is 2.72. The summed E-state index contributed by atoms with van der Waals surface area (Å²) in [4.78, 5) is 5.22. The van der Waals surface area contributed by atoms with E-state index >= 15 is 0 Å². The van der Waals surface area contributed by atoms with Gasteiger partial charge in [-0.15, -0.1) is 0 Å². The van der Waals surface area contributed by atoms with Gasteiger partial charge in [0.15, 0.2) is 0 Å². The van der Waals surface area contributed by atoms with Crippen molar-refractivity contribution in [3.63, 3.8) is 0 Å². The van der Waals surface area contributed by atoms with Crippen molar-refractivity contribution in [2.75, 3.05) is 9.71 Å². The highest BCUT2D eigenvalue weighted by molar-refractivity contribution is 6.93. The summed E-state index contributed by atoms with van der Waals surface area (Å²) in [5, 5.41) is 2.55. The van der Waals surface area contributed by atoms with Gasteiger partial charge < -0.3 is 14.3 Å². The number of para-hydroxylation sites is 3. The molecule has 0 N–H and O–H groups in total. The van der Waals surface area contributed by atoms with Gasteiger partial charge in [0.25, 0.3) is 0 Å². The molecule has 1 aliphatic carbocycles. The molecule has 3 nitrogen and oxygen atoms in total. The van der Waals surface area contributed by atoms with Crippen LogP contribution in [0.15, 0.2) is 170 Å². The Morgan fingerprint density at radius 3 is 2.00 bits per heavy atom. The van der Waals surface area contributed by atoms with Gasteiger partial charge in [0, 0.05) is 50.2 Å². The zero-order valence-electron chi connectivity index (χ0n) is 37.9. The largest absolute Gasteiger partial charge is 0.376 e. The maximum absolute atomic E-state index is 2.72. The van der Waals surface area contributed by atoms with Crippen LogP contribution < -0.4 is 20.6 Å². The summed E-state index contributed by atoms with van der Waals surface area (Å²) in [7, 11) is 0. The highest BCUT2D eigenvalue weighted by Crippen LogP contribution is 2.56. The number of unbranched alkanes of at least 4 members (excludes halogenated alkanes) is 2. The van der Waals surface area contributed by atoms with Gasteiger partial charge in [0.2, 0.25) is 0 Å². The van der Waals surface area contributed by atoms with Gasteiger partial charge in [0.1, 0.15) is 0 Å². The topological polar surface area (TPSA) is 11.4 Å². The standard InChI is InChI=1S/C60H54BN3/c1-7-8-11-20-39-29-34-53-51(35-39)61-57-48(38-55(56-45-26-17-19-28-52(45)63(53)58(56)57)62(41-21-12-9-13-22-41)42-23-14-10-15-24-42)47-36-50-46(44-25-16-18-27-49(44)60(50,5)6)37-54(47)64(61)43-32-30-40(31-33-43)59(2,3)4/h9-10,12-19,21-38H,7-8,11,20H2,1-6H3. The fourth-order valence-corrected chi connectivity index (χ4v) is 11.6. The Hall–Kier alpha value is -6.78. The van der Waals surface area contributed by atoms with E-state index in [1.807, 2.05) is 0 Å². The van der Waals surface area contributed by atoms with E-state index in [2.05, 4.69) is 226 Å². The number of hydrogen-bond donors (Lipinski definition) is 0. The lowest BCUT2D eigenvalue weighted by molar-refractivity contribution is 0.590. The molecule has 3 aliphatic rings. The molecule has 12 rings (SSSR count). The second-order valence-electron chi connectivity index (χ2n) is 19.9. The van der Waals surface area contributed by atoms with Crippen molar-refractivity contribution in [1.29, 1.82) is 0 Å². The summed E-state index contributed by atoms with van der Waals surface area (Å²) in [6, 6.07) is 64.8. The van der Waals surface area contributed by atoms with Crippen molar-refractivity contribution < 1.29 is 0 Å². The first-order valence-electron chi connectivity index (χ1n) is 23.5. The Morgan fingerprint density at radius 2 is 1.28 bits per heavy atom. The van der Waals surface area contributed by atoms with Gasteiger partial charge in [-0.05, 0) is 135 Å². The molecule has 1 aromatic heterocycles. The maximum Gasteiger partial charge on any atom is 0.333 e. The molecule has 0 radical (unpaired) electrons. The number of fused-ring (bicyclic) bond motifs is 11. The third-order valence-electron chi connectivity index (χ3n) is 14.7. The molecule has 9 aromatic rings. The van der Waals surface area contributed by atoms with E-state index in [-0.39, 0.29) is 17.7 Å². The smallest absolute Gasteiger partial charge is 0.333 e. The molecule has 0 atom stereocenters. The van der Waals surface area contributed by atoms with Gasteiger partial charge in [-0.1, -0.05) is 158 Å². The second-order valence-corrected chi connectivity index (χ2v) is 19.9. The molecule has 0 saturated carbocycles. The molecule has 3 heterocycles. The van der Waals surface area contributed by atoms with Crippen LogP contribution in [0.25, 0.3) is 49.7 Å². The number of aryl methyl sites for hydroxylation is 1. The molecule has 0 amide bonds. The van der Waals surface area contributed by atoms with Crippen LogP contribution in [0.2, 0.25) is 0 Å². The molecule has 8 aromatic carbocycles. The highest BCUT2D eigenvalue weighted by atomic mass is 15.2. The minimum atomic E-state index is -0.157. The van der Waals surface area contributed by atoms with Gasteiger partial charge in [-0.3, -0.25) is 0 Å². The zero-order chi connectivity index (χ0) is 43.5. The summed E-state index contributed by atoms with van der Waals surface area (Å²) in [5.74, 6) is 0. The van der Waals surface area contributed by atoms with Gasteiger partial charge in [-0.2, -0.15) is 0 Å². The van der Waals surface area contributed by atoms with Crippen LogP contribution in [0.3, 0.4) is 0 Å². The quantitative estimate of drug-likeness (QED) is 0.112. The van der Waals surface area contributed by atoms with E-state index in [4.69, 9.17) is 0 Å². The van der Waals surface area contributed by atoms with E-state index in [0.717, 1.165) is 17.8 Å². The SMILES string of the molecule is CCCCCc1ccc2c(c1)B1c3c(cc(N(c4ccccc4)c4ccccc4)c4c5ccccc5n-2c34)-c2cc3c(cc2N1c1ccc(C(C)(C)C)cc1)-c1ccccc1C3(C)C. The molecule has 64 heavy (non-hydrogen) atoms. The number of benzene rings is 8. The van der Waals surface area contributed by atoms with Crippen LogP contribution in [0.5, 0.6) is 0 Å². The molecular weight excluding hydrogens is 773 g/mol. The molecule has 0 unspecified atom stereocenters. The summed E-state index contributed by atoms with van der Waals surface area (Å²) < 4.78 is 2.63. The van der Waals surface area contributed by atoms with Crippen molar-refractivity contribution in [2.45, 2.75) is 78.1 Å². The molecule has 2 aliphatic heterocycles. The second kappa shape index (κ2) is 14.4. The van der Waals surface area contributed by atoms with Gasteiger partial charge >= 0.3 is 6.85 Å². The van der Waals surface area contributed by atoms with E-state index in [1.54, 1.807) is 0 Å². The first kappa shape index (κ1) is 38.9. The zero-order valence-corrected chi connectivity index (χ0v) is 37.9. The first-order valence-corrected chi connectivity index (χ1v) is 23.5. The molecule has 4 heteroatoms. The van der Waals surface area contributed by atoms with Crippen molar-refractivity contribution in [3.8, 4) is 27.9 Å². The van der Waals surface area contributed by atoms with E-state index in [9.17, 15) is 0 Å². The lowest BCUT2D eigenvalue weighted by atomic mass is 9.43. The highest BCUT2D eigenvalue weighted by Gasteiger charge is 2.47. The van der Waals surface area contributed by atoms with Gasteiger partial charge in [-0.25, -0.2) is 0 Å². The van der Waals surface area contributed by atoms with Crippen molar-refractivity contribution in [3.05, 3.63) is 192 Å². The van der Waals surface area contributed by atoms with E-state index in [1.165, 1.54) is 119 Å². The predicted octanol–water partition coefficient (Wildman–Crippen LogP) is 14.8. The molecule has 0 bridgehead atoms. The Bertz CT molecular complexity index is 3260. The van der Waals surface area contributed by atoms with E-state index < -0.39 is 0 Å². The number of hydrogen-bond acceptors (Lipinski definition) is 2. The van der Waals surface area contributed by atoms with Crippen LogP contribution >= 0.6 is 0 Å². The lowest BCUT2D eigenvalue weighted by Crippen LogP contribution is -2.60. The predicted molar refractivity (Wildman–Crippen MR) is 274 cm³/mol. The molecule has 0 spiro atoms. The fourth-order valence-electron chi connectivity index (χ4n) is 11.6. The summed E-state index contributed by atoms with van der Waals surface area (Å²) in [6.07, 6.45) is 4.72. The van der Waals surface area contributed by atoms with Gasteiger partial charge in [0.05, 0.1) is 16.7 Å². The Kier molecular flexibility index (Phi) is 8.73. The number of aromatic nitrogens is 1. The van der Waals surface area contributed by atoms with Crippen molar-refractivity contribution in [1.82, 2.24) is 4.57 Å². The number of anilines is 5. The normalized spacial score (nSPS) is 14.1. The summed E-state index contributed by atoms with van der Waals surface area (Å²) >= 11 is 0. The minimum absolute atomic E-state index is 0.0404. The van der Waals surface area contributed by atoms with Crippen LogP contribution in [-0.4, -0.2) is 11.4 Å². The number of nitrogens with zero attached hydrogens (tertiary/aromatic N) is 3. The third kappa shape index (κ3) is 5.67. The van der Waals surface area contributed by atoms with Crippen LogP contribution in [0, 0.1) is 0 Å². The van der Waals surface area contributed by atoms with Crippen molar-refractivity contribution in [2.24, 2.45) is 0 Å². The van der Waals surface area contributed by atoms with E-state index in [0.29, 0.717) is 0 Å². The molecule has 0 fully saturated rings. The van der Waals surface area contributed by atoms with Crippen LogP contribution in [-0.2, 0) is 17.3 Å². The lowest BCUT2D eigenvalue weighted by Gasteiger charge is -2.43.